The lowest BCUT2D eigenvalue weighted by Crippen LogP contribution is -2.08. The molecule has 0 saturated carbocycles. The van der Waals surface area contributed by atoms with Gasteiger partial charge >= 0.3 is 5.76 Å². The fraction of sp³-hybridized carbons (Fsp3) is 0.300. The molecule has 0 aliphatic rings. The summed E-state index contributed by atoms with van der Waals surface area (Å²) >= 11 is 3.44. The third-order valence-corrected chi connectivity index (χ3v) is 3.10. The van der Waals surface area contributed by atoms with Crippen molar-refractivity contribution < 1.29 is 4.42 Å². The maximum atomic E-state index is 11.3. The lowest BCUT2D eigenvalue weighted by Gasteiger charge is -2.00. The van der Waals surface area contributed by atoms with E-state index < -0.39 is 0 Å². The van der Waals surface area contributed by atoms with Gasteiger partial charge in [-0.25, -0.2) is 4.79 Å². The highest BCUT2D eigenvalue weighted by Gasteiger charge is 2.11. The zero-order valence-corrected chi connectivity index (χ0v) is 9.59. The van der Waals surface area contributed by atoms with Gasteiger partial charge in [-0.1, -0.05) is 22.9 Å². The van der Waals surface area contributed by atoms with Crippen molar-refractivity contribution in [2.75, 3.05) is 0 Å². The number of benzene rings is 1. The summed E-state index contributed by atoms with van der Waals surface area (Å²) in [5.41, 5.74) is 2.57. The standard InChI is InChI=1S/C10H10BrNO2/c1-3-6-7(11)4-5-8-9(6)14-10(13)12(8)2/h4-5H,3H2,1-2H3. The Morgan fingerprint density at radius 3 is 2.86 bits per heavy atom. The summed E-state index contributed by atoms with van der Waals surface area (Å²) < 4.78 is 7.68. The fourth-order valence-electron chi connectivity index (χ4n) is 1.55. The Hall–Kier alpha value is -1.03. The lowest BCUT2D eigenvalue weighted by molar-refractivity contribution is 0.525. The number of oxazole rings is 1. The van der Waals surface area contributed by atoms with Crippen LogP contribution < -0.4 is 5.76 Å². The highest BCUT2D eigenvalue weighted by Crippen LogP contribution is 2.25. The SMILES string of the molecule is CCc1c(Br)ccc2c1oc(=O)n2C. The predicted octanol–water partition coefficient (Wildman–Crippen LogP) is 2.46. The van der Waals surface area contributed by atoms with Gasteiger partial charge in [0.15, 0.2) is 5.58 Å². The normalized spacial score (nSPS) is 11.1. The zero-order valence-electron chi connectivity index (χ0n) is 8.00. The lowest BCUT2D eigenvalue weighted by atomic mass is 10.1. The van der Waals surface area contributed by atoms with E-state index in [1.54, 1.807) is 7.05 Å². The van der Waals surface area contributed by atoms with Crippen molar-refractivity contribution in [3.05, 3.63) is 32.7 Å². The highest BCUT2D eigenvalue weighted by atomic mass is 79.9. The van der Waals surface area contributed by atoms with Gasteiger partial charge in [0.05, 0.1) is 5.52 Å². The number of hydrogen-bond acceptors (Lipinski definition) is 2. The number of halogens is 1. The first-order valence-corrected chi connectivity index (χ1v) is 5.21. The molecule has 0 spiro atoms. The average molecular weight is 256 g/mol. The molecule has 1 aromatic carbocycles. The van der Waals surface area contributed by atoms with Crippen LogP contribution in [0, 0.1) is 0 Å². The molecule has 3 nitrogen and oxygen atoms in total. The molecule has 14 heavy (non-hydrogen) atoms. The van der Waals surface area contributed by atoms with Crippen molar-refractivity contribution in [1.82, 2.24) is 4.57 Å². The number of fused-ring (bicyclic) bond motifs is 1. The van der Waals surface area contributed by atoms with Crippen LogP contribution in [-0.4, -0.2) is 4.57 Å². The first kappa shape index (κ1) is 9.52. The predicted molar refractivity (Wildman–Crippen MR) is 58.5 cm³/mol. The van der Waals surface area contributed by atoms with Gasteiger partial charge in [0.25, 0.3) is 0 Å². The molecule has 0 aliphatic heterocycles. The summed E-state index contributed by atoms with van der Waals surface area (Å²) in [7, 11) is 1.71. The summed E-state index contributed by atoms with van der Waals surface area (Å²) in [6.07, 6.45) is 0.838. The number of aryl methyl sites for hydroxylation is 2. The van der Waals surface area contributed by atoms with Crippen LogP contribution in [0.1, 0.15) is 12.5 Å². The van der Waals surface area contributed by atoms with Crippen LogP contribution >= 0.6 is 15.9 Å². The summed E-state index contributed by atoms with van der Waals surface area (Å²) in [6, 6.07) is 3.82. The quantitative estimate of drug-likeness (QED) is 0.785. The van der Waals surface area contributed by atoms with Crippen LogP contribution in [0.2, 0.25) is 0 Å². The van der Waals surface area contributed by atoms with Gasteiger partial charge in [-0.05, 0) is 18.6 Å². The minimum atomic E-state index is -0.312. The van der Waals surface area contributed by atoms with Gasteiger partial charge in [-0.2, -0.15) is 0 Å². The van der Waals surface area contributed by atoms with Crippen molar-refractivity contribution in [1.29, 1.82) is 0 Å². The molecule has 0 N–H and O–H groups in total. The molecule has 1 heterocycles. The molecule has 0 aliphatic carbocycles. The molecule has 0 radical (unpaired) electrons. The monoisotopic (exact) mass is 255 g/mol. The van der Waals surface area contributed by atoms with Gasteiger partial charge < -0.3 is 4.42 Å². The molecule has 0 bridgehead atoms. The van der Waals surface area contributed by atoms with Crippen LogP contribution in [0.5, 0.6) is 0 Å². The molecular weight excluding hydrogens is 246 g/mol. The number of rotatable bonds is 1. The minimum absolute atomic E-state index is 0.312. The van der Waals surface area contributed by atoms with Gasteiger partial charge in [-0.3, -0.25) is 4.57 Å². The van der Waals surface area contributed by atoms with Crippen LogP contribution in [0.4, 0.5) is 0 Å². The van der Waals surface area contributed by atoms with E-state index in [9.17, 15) is 4.79 Å². The largest absolute Gasteiger partial charge is 0.419 e. The Bertz CT molecular complexity index is 539. The summed E-state index contributed by atoms with van der Waals surface area (Å²) in [6.45, 7) is 2.03. The average Bonchev–Trinajstić information content (AvgIpc) is 2.43. The molecular formula is C10H10BrNO2. The maximum absolute atomic E-state index is 11.3. The fourth-order valence-corrected chi connectivity index (χ4v) is 2.15. The molecule has 0 unspecified atom stereocenters. The molecule has 2 rings (SSSR count). The summed E-state index contributed by atoms with van der Waals surface area (Å²) in [5.74, 6) is -0.312. The Morgan fingerprint density at radius 1 is 1.50 bits per heavy atom. The zero-order chi connectivity index (χ0) is 10.3. The van der Waals surface area contributed by atoms with E-state index in [-0.39, 0.29) is 5.76 Å². The summed E-state index contributed by atoms with van der Waals surface area (Å²) in [5, 5.41) is 0. The van der Waals surface area contributed by atoms with Crippen LogP contribution in [0.3, 0.4) is 0 Å². The van der Waals surface area contributed by atoms with E-state index >= 15 is 0 Å². The molecule has 0 fully saturated rings. The molecule has 1 aromatic heterocycles. The second kappa shape index (κ2) is 3.28. The molecule has 0 amide bonds. The van der Waals surface area contributed by atoms with Gasteiger partial charge in [0.1, 0.15) is 0 Å². The Kier molecular flexibility index (Phi) is 2.23. The molecule has 2 aromatic rings. The van der Waals surface area contributed by atoms with E-state index in [0.717, 1.165) is 22.0 Å². The summed E-state index contributed by atoms with van der Waals surface area (Å²) in [4.78, 5) is 11.3. The van der Waals surface area contributed by atoms with Crippen LogP contribution in [-0.2, 0) is 13.5 Å². The molecule has 0 saturated heterocycles. The van der Waals surface area contributed by atoms with Crippen molar-refractivity contribution in [3.8, 4) is 0 Å². The smallest absolute Gasteiger partial charge is 0.407 e. The van der Waals surface area contributed by atoms with E-state index in [0.29, 0.717) is 5.58 Å². The number of nitrogens with zero attached hydrogens (tertiary/aromatic N) is 1. The van der Waals surface area contributed by atoms with E-state index in [4.69, 9.17) is 4.42 Å². The van der Waals surface area contributed by atoms with E-state index in [1.807, 2.05) is 19.1 Å². The van der Waals surface area contributed by atoms with Crippen LogP contribution in [0.25, 0.3) is 11.1 Å². The third kappa shape index (κ3) is 1.21. The molecule has 0 atom stereocenters. The highest BCUT2D eigenvalue weighted by molar-refractivity contribution is 9.10. The van der Waals surface area contributed by atoms with Crippen LogP contribution in [0.15, 0.2) is 25.8 Å². The van der Waals surface area contributed by atoms with E-state index in [2.05, 4.69) is 15.9 Å². The first-order valence-electron chi connectivity index (χ1n) is 4.42. The second-order valence-corrected chi connectivity index (χ2v) is 4.01. The van der Waals surface area contributed by atoms with E-state index in [1.165, 1.54) is 4.57 Å². The number of aromatic nitrogens is 1. The maximum Gasteiger partial charge on any atom is 0.419 e. The minimum Gasteiger partial charge on any atom is -0.407 e. The van der Waals surface area contributed by atoms with Crippen molar-refractivity contribution in [2.24, 2.45) is 7.05 Å². The number of hydrogen-bond donors (Lipinski definition) is 0. The van der Waals surface area contributed by atoms with Crippen molar-refractivity contribution in [3.63, 3.8) is 0 Å². The van der Waals surface area contributed by atoms with Crippen molar-refractivity contribution in [2.45, 2.75) is 13.3 Å². The second-order valence-electron chi connectivity index (χ2n) is 3.15. The Balaban J connectivity index is 2.95. The van der Waals surface area contributed by atoms with Gasteiger partial charge in [0.2, 0.25) is 0 Å². The van der Waals surface area contributed by atoms with Crippen molar-refractivity contribution >= 4 is 27.0 Å². The van der Waals surface area contributed by atoms with Gasteiger partial charge in [0, 0.05) is 17.1 Å². The third-order valence-electron chi connectivity index (χ3n) is 2.36. The Labute approximate surface area is 89.5 Å². The topological polar surface area (TPSA) is 35.1 Å². The molecule has 4 heteroatoms. The van der Waals surface area contributed by atoms with Gasteiger partial charge in [-0.15, -0.1) is 0 Å². The Morgan fingerprint density at radius 2 is 2.21 bits per heavy atom. The molecule has 74 valence electrons. The first-order chi connectivity index (χ1) is 6.65.